The van der Waals surface area contributed by atoms with Gasteiger partial charge in [-0.25, -0.2) is 0 Å². The standard InChI is InChI=1S/C14H12OS/c1-10-6-7-13-8-11-4-2-3-5-12(11)9-14(13)16(10)15/h2-10H,1H3. The fraction of sp³-hybridized carbons (Fsp3) is 0.143. The third-order valence-corrected chi connectivity index (χ3v) is 4.60. The fourth-order valence-electron chi connectivity index (χ4n) is 2.05. The van der Waals surface area contributed by atoms with Crippen LogP contribution >= 0.6 is 0 Å². The lowest BCUT2D eigenvalue weighted by atomic mass is 10.1. The first-order valence-corrected chi connectivity index (χ1v) is 6.58. The highest BCUT2D eigenvalue weighted by Crippen LogP contribution is 2.28. The summed E-state index contributed by atoms with van der Waals surface area (Å²) in [4.78, 5) is 0.966. The van der Waals surface area contributed by atoms with Crippen molar-refractivity contribution in [2.45, 2.75) is 17.1 Å². The maximum atomic E-state index is 12.1. The lowest BCUT2D eigenvalue weighted by molar-refractivity contribution is 0.679. The lowest BCUT2D eigenvalue weighted by Gasteiger charge is -2.16. The van der Waals surface area contributed by atoms with E-state index in [1.165, 1.54) is 5.39 Å². The Balaban J connectivity index is 2.33. The second kappa shape index (κ2) is 3.56. The molecule has 2 aromatic carbocycles. The van der Waals surface area contributed by atoms with Crippen molar-refractivity contribution in [3.05, 3.63) is 48.0 Å². The number of benzene rings is 2. The van der Waals surface area contributed by atoms with Crippen molar-refractivity contribution < 1.29 is 4.21 Å². The van der Waals surface area contributed by atoms with E-state index in [9.17, 15) is 4.21 Å². The molecule has 0 amide bonds. The quantitative estimate of drug-likeness (QED) is 0.675. The van der Waals surface area contributed by atoms with E-state index in [0.717, 1.165) is 15.8 Å². The zero-order chi connectivity index (χ0) is 11.1. The molecular formula is C14H12OS. The van der Waals surface area contributed by atoms with Crippen molar-refractivity contribution in [1.29, 1.82) is 0 Å². The zero-order valence-corrected chi connectivity index (χ0v) is 9.83. The van der Waals surface area contributed by atoms with Crippen LogP contribution < -0.4 is 0 Å². The van der Waals surface area contributed by atoms with Gasteiger partial charge in [0.1, 0.15) is 0 Å². The van der Waals surface area contributed by atoms with Gasteiger partial charge >= 0.3 is 0 Å². The van der Waals surface area contributed by atoms with Gasteiger partial charge in [0.25, 0.3) is 0 Å². The van der Waals surface area contributed by atoms with E-state index in [4.69, 9.17) is 0 Å². The first kappa shape index (κ1) is 9.79. The van der Waals surface area contributed by atoms with Gasteiger partial charge in [-0.1, -0.05) is 36.4 Å². The smallest absolute Gasteiger partial charge is 0.0602 e. The summed E-state index contributed by atoms with van der Waals surface area (Å²) in [6, 6.07) is 12.4. The number of hydrogen-bond acceptors (Lipinski definition) is 1. The van der Waals surface area contributed by atoms with Gasteiger partial charge in [-0.3, -0.25) is 4.21 Å². The molecule has 1 aliphatic heterocycles. The second-order valence-corrected chi connectivity index (χ2v) is 5.88. The summed E-state index contributed by atoms with van der Waals surface area (Å²) < 4.78 is 12.1. The van der Waals surface area contributed by atoms with E-state index >= 15 is 0 Å². The van der Waals surface area contributed by atoms with Crippen molar-refractivity contribution >= 4 is 27.6 Å². The van der Waals surface area contributed by atoms with Crippen LogP contribution in [0.2, 0.25) is 0 Å². The molecule has 0 aliphatic carbocycles. The molecule has 0 saturated carbocycles. The highest BCUT2D eigenvalue weighted by Gasteiger charge is 2.18. The highest BCUT2D eigenvalue weighted by atomic mass is 32.2. The summed E-state index contributed by atoms with van der Waals surface area (Å²) in [5.74, 6) is 0. The highest BCUT2D eigenvalue weighted by molar-refractivity contribution is 7.86. The summed E-state index contributed by atoms with van der Waals surface area (Å²) in [6.45, 7) is 1.99. The summed E-state index contributed by atoms with van der Waals surface area (Å²) in [5.41, 5.74) is 1.09. The van der Waals surface area contributed by atoms with Crippen LogP contribution in [0.3, 0.4) is 0 Å². The molecule has 1 aliphatic rings. The molecule has 0 fully saturated rings. The Morgan fingerprint density at radius 3 is 2.56 bits per heavy atom. The molecule has 0 bridgehead atoms. The normalized spacial score (nSPS) is 23.3. The van der Waals surface area contributed by atoms with Crippen LogP contribution in [0, 0.1) is 0 Å². The van der Waals surface area contributed by atoms with Crippen LogP contribution in [-0.4, -0.2) is 9.46 Å². The molecule has 0 radical (unpaired) electrons. The van der Waals surface area contributed by atoms with Gasteiger partial charge in [0.2, 0.25) is 0 Å². The van der Waals surface area contributed by atoms with Gasteiger partial charge in [-0.2, -0.15) is 0 Å². The molecule has 3 rings (SSSR count). The predicted octanol–water partition coefficient (Wildman–Crippen LogP) is 3.36. The van der Waals surface area contributed by atoms with Crippen LogP contribution in [0.1, 0.15) is 12.5 Å². The zero-order valence-electron chi connectivity index (χ0n) is 9.01. The van der Waals surface area contributed by atoms with Crippen LogP contribution in [0.15, 0.2) is 47.4 Å². The minimum atomic E-state index is -0.903. The molecule has 0 N–H and O–H groups in total. The van der Waals surface area contributed by atoms with E-state index in [-0.39, 0.29) is 5.25 Å². The molecule has 2 aromatic rings. The predicted molar refractivity (Wildman–Crippen MR) is 68.9 cm³/mol. The molecule has 0 saturated heterocycles. The number of hydrogen-bond donors (Lipinski definition) is 0. The van der Waals surface area contributed by atoms with Crippen molar-refractivity contribution in [1.82, 2.24) is 0 Å². The van der Waals surface area contributed by atoms with Gasteiger partial charge in [0.15, 0.2) is 0 Å². The molecule has 16 heavy (non-hydrogen) atoms. The van der Waals surface area contributed by atoms with Crippen molar-refractivity contribution in [3.63, 3.8) is 0 Å². The molecule has 2 unspecified atom stereocenters. The molecule has 2 atom stereocenters. The second-order valence-electron chi connectivity index (χ2n) is 4.10. The fourth-order valence-corrected chi connectivity index (χ4v) is 3.28. The largest absolute Gasteiger partial charge is 0.254 e. The Bertz CT molecular complexity index is 613. The molecular weight excluding hydrogens is 216 g/mol. The van der Waals surface area contributed by atoms with E-state index < -0.39 is 10.8 Å². The Morgan fingerprint density at radius 1 is 1.12 bits per heavy atom. The van der Waals surface area contributed by atoms with E-state index in [0.29, 0.717) is 0 Å². The summed E-state index contributed by atoms with van der Waals surface area (Å²) in [5, 5.41) is 2.49. The van der Waals surface area contributed by atoms with Crippen molar-refractivity contribution in [2.75, 3.05) is 0 Å². The average Bonchev–Trinajstić information content (AvgIpc) is 2.32. The van der Waals surface area contributed by atoms with Crippen LogP contribution in [0.25, 0.3) is 16.8 Å². The monoisotopic (exact) mass is 228 g/mol. The van der Waals surface area contributed by atoms with Gasteiger partial charge in [0, 0.05) is 4.90 Å². The Labute approximate surface area is 97.3 Å². The minimum absolute atomic E-state index is 0.119. The number of fused-ring (bicyclic) bond motifs is 2. The third-order valence-electron chi connectivity index (χ3n) is 2.98. The Hall–Kier alpha value is -1.41. The summed E-state index contributed by atoms with van der Waals surface area (Å²) in [7, 11) is -0.903. The SMILES string of the molecule is CC1C=Cc2cc3ccccc3cc2S1=O. The first-order valence-electron chi connectivity index (χ1n) is 5.37. The Morgan fingerprint density at radius 2 is 1.81 bits per heavy atom. The average molecular weight is 228 g/mol. The van der Waals surface area contributed by atoms with Crippen LogP contribution in [-0.2, 0) is 10.8 Å². The van der Waals surface area contributed by atoms with Crippen LogP contribution in [0.5, 0.6) is 0 Å². The molecule has 0 spiro atoms. The molecule has 1 nitrogen and oxygen atoms in total. The summed E-state index contributed by atoms with van der Waals surface area (Å²) >= 11 is 0. The molecule has 0 aromatic heterocycles. The maximum absolute atomic E-state index is 12.1. The van der Waals surface area contributed by atoms with E-state index in [1.54, 1.807) is 0 Å². The summed E-state index contributed by atoms with van der Waals surface area (Å²) in [6.07, 6.45) is 4.10. The van der Waals surface area contributed by atoms with Crippen molar-refractivity contribution in [2.24, 2.45) is 0 Å². The van der Waals surface area contributed by atoms with Gasteiger partial charge in [0.05, 0.1) is 16.0 Å². The van der Waals surface area contributed by atoms with E-state index in [1.807, 2.05) is 25.1 Å². The molecule has 2 heteroatoms. The van der Waals surface area contributed by atoms with Gasteiger partial charge in [-0.05, 0) is 35.4 Å². The third kappa shape index (κ3) is 1.41. The van der Waals surface area contributed by atoms with Crippen molar-refractivity contribution in [3.8, 4) is 0 Å². The lowest BCUT2D eigenvalue weighted by Crippen LogP contribution is -2.12. The van der Waals surface area contributed by atoms with Crippen LogP contribution in [0.4, 0.5) is 0 Å². The topological polar surface area (TPSA) is 17.1 Å². The number of rotatable bonds is 0. The molecule has 80 valence electrons. The minimum Gasteiger partial charge on any atom is -0.254 e. The Kier molecular flexibility index (Phi) is 2.18. The first-order chi connectivity index (χ1) is 7.75. The van der Waals surface area contributed by atoms with E-state index in [2.05, 4.69) is 30.3 Å². The molecule has 1 heterocycles. The van der Waals surface area contributed by atoms with Gasteiger partial charge in [-0.15, -0.1) is 0 Å². The van der Waals surface area contributed by atoms with Gasteiger partial charge < -0.3 is 0 Å². The maximum Gasteiger partial charge on any atom is 0.0602 e.